The van der Waals surface area contributed by atoms with Gasteiger partial charge >= 0.3 is 0 Å². The molecule has 0 aromatic carbocycles. The zero-order chi connectivity index (χ0) is 11.3. The van der Waals surface area contributed by atoms with Crippen LogP contribution in [0.2, 0.25) is 0 Å². The molecule has 1 fully saturated rings. The molecule has 3 atom stereocenters. The van der Waals surface area contributed by atoms with Crippen LogP contribution in [0, 0.1) is 35.7 Å². The van der Waals surface area contributed by atoms with Crippen molar-refractivity contribution in [2.75, 3.05) is 6.61 Å². The minimum Gasteiger partial charge on any atom is -0.446 e. The van der Waals surface area contributed by atoms with Crippen molar-refractivity contribution in [3.05, 3.63) is 0 Å². The van der Waals surface area contributed by atoms with Gasteiger partial charge in [-0.1, -0.05) is 33.1 Å². The van der Waals surface area contributed by atoms with Gasteiger partial charge in [-0.2, -0.15) is 0 Å². The van der Waals surface area contributed by atoms with E-state index in [-0.39, 0.29) is 0 Å². The first-order valence-electron chi connectivity index (χ1n) is 6.18. The fourth-order valence-electron chi connectivity index (χ4n) is 2.81. The molecule has 1 aliphatic carbocycles. The molecular weight excluding hydrogens is 184 g/mol. The Labute approximate surface area is 94.6 Å². The Morgan fingerprint density at radius 3 is 2.67 bits per heavy atom. The van der Waals surface area contributed by atoms with E-state index in [0.717, 1.165) is 30.3 Å². The van der Waals surface area contributed by atoms with Crippen LogP contribution in [0.1, 0.15) is 47.0 Å². The second kappa shape index (κ2) is 6.05. The van der Waals surface area contributed by atoms with E-state index in [9.17, 15) is 0 Å². The molecular formula is C14H24O. The van der Waals surface area contributed by atoms with Gasteiger partial charge in [-0.25, -0.2) is 0 Å². The molecule has 1 saturated carbocycles. The summed E-state index contributed by atoms with van der Waals surface area (Å²) in [5, 5.41) is 0. The van der Waals surface area contributed by atoms with Crippen molar-refractivity contribution in [3.8, 4) is 12.0 Å². The first-order valence-corrected chi connectivity index (χ1v) is 6.18. The van der Waals surface area contributed by atoms with E-state index in [1.807, 2.05) is 6.92 Å². The Kier molecular flexibility index (Phi) is 5.02. The largest absolute Gasteiger partial charge is 0.446 e. The minimum atomic E-state index is 0.717. The van der Waals surface area contributed by atoms with E-state index >= 15 is 0 Å². The number of hydrogen-bond donors (Lipinski definition) is 0. The standard InChI is InChI=1S/C14H24O/c1-5-8-15-10-13-9-12(4)6-7-14(13)11(2)3/h11-14H,6-7,9-10H2,1-4H3/t12-,13+,14+/m0/s1. The molecule has 0 aromatic heterocycles. The molecule has 0 radical (unpaired) electrons. The molecule has 86 valence electrons. The van der Waals surface area contributed by atoms with Gasteiger partial charge < -0.3 is 4.74 Å². The highest BCUT2D eigenvalue weighted by Gasteiger charge is 2.30. The summed E-state index contributed by atoms with van der Waals surface area (Å²) in [4.78, 5) is 0. The third kappa shape index (κ3) is 3.78. The average Bonchev–Trinajstić information content (AvgIpc) is 2.18. The summed E-state index contributed by atoms with van der Waals surface area (Å²) in [6.07, 6.45) is 6.79. The third-order valence-corrected chi connectivity index (χ3v) is 3.63. The molecule has 1 aliphatic rings. The molecule has 0 saturated heterocycles. The molecule has 0 heterocycles. The quantitative estimate of drug-likeness (QED) is 0.643. The summed E-state index contributed by atoms with van der Waals surface area (Å²) in [5.41, 5.74) is 0. The maximum Gasteiger partial charge on any atom is 0.109 e. The first-order chi connectivity index (χ1) is 7.15. The Morgan fingerprint density at radius 1 is 1.33 bits per heavy atom. The van der Waals surface area contributed by atoms with Gasteiger partial charge in [-0.15, -0.1) is 0 Å². The smallest absolute Gasteiger partial charge is 0.109 e. The molecule has 0 amide bonds. The number of ether oxygens (including phenoxy) is 1. The fourth-order valence-corrected chi connectivity index (χ4v) is 2.81. The molecule has 0 aliphatic heterocycles. The van der Waals surface area contributed by atoms with Gasteiger partial charge in [-0.05, 0) is 36.5 Å². The molecule has 1 rings (SSSR count). The van der Waals surface area contributed by atoms with Gasteiger partial charge in [-0.3, -0.25) is 0 Å². The van der Waals surface area contributed by atoms with Crippen LogP contribution in [0.5, 0.6) is 0 Å². The molecule has 1 nitrogen and oxygen atoms in total. The van der Waals surface area contributed by atoms with Crippen LogP contribution in [0.25, 0.3) is 0 Å². The topological polar surface area (TPSA) is 9.23 Å². The average molecular weight is 208 g/mol. The molecule has 0 aromatic rings. The summed E-state index contributed by atoms with van der Waals surface area (Å²) >= 11 is 0. The predicted octanol–water partition coefficient (Wildman–Crippen LogP) is 3.69. The maximum absolute atomic E-state index is 5.39. The first kappa shape index (κ1) is 12.4. The van der Waals surface area contributed by atoms with Crippen molar-refractivity contribution in [2.24, 2.45) is 23.7 Å². The zero-order valence-electron chi connectivity index (χ0n) is 10.5. The highest BCUT2D eigenvalue weighted by atomic mass is 16.5. The molecule has 1 heteroatoms. The van der Waals surface area contributed by atoms with Crippen molar-refractivity contribution in [2.45, 2.75) is 47.0 Å². The van der Waals surface area contributed by atoms with Gasteiger partial charge in [0.25, 0.3) is 0 Å². The Balaban J connectivity index is 2.48. The van der Waals surface area contributed by atoms with Crippen LogP contribution >= 0.6 is 0 Å². The second-order valence-corrected chi connectivity index (χ2v) is 5.25. The molecule has 0 N–H and O–H groups in total. The van der Waals surface area contributed by atoms with Gasteiger partial charge in [0.05, 0.1) is 0 Å². The van der Waals surface area contributed by atoms with Crippen molar-refractivity contribution < 1.29 is 4.74 Å². The zero-order valence-corrected chi connectivity index (χ0v) is 10.5. The molecule has 0 spiro atoms. The van der Waals surface area contributed by atoms with Crippen molar-refractivity contribution in [1.29, 1.82) is 0 Å². The highest BCUT2D eigenvalue weighted by molar-refractivity contribution is 4.87. The van der Waals surface area contributed by atoms with Crippen LogP contribution in [0.4, 0.5) is 0 Å². The summed E-state index contributed by atoms with van der Waals surface area (Å²) in [6, 6.07) is 0. The van der Waals surface area contributed by atoms with Gasteiger partial charge in [0.1, 0.15) is 12.7 Å². The van der Waals surface area contributed by atoms with Gasteiger partial charge in [0.15, 0.2) is 0 Å². The molecule has 0 bridgehead atoms. The Bertz CT molecular complexity index is 233. The molecule has 15 heavy (non-hydrogen) atoms. The normalized spacial score (nSPS) is 30.9. The monoisotopic (exact) mass is 208 g/mol. The van der Waals surface area contributed by atoms with E-state index in [2.05, 4.69) is 32.8 Å². The number of rotatable bonds is 3. The summed E-state index contributed by atoms with van der Waals surface area (Å²) in [6.45, 7) is 9.67. The van der Waals surface area contributed by atoms with Crippen molar-refractivity contribution in [3.63, 3.8) is 0 Å². The lowest BCUT2D eigenvalue weighted by Crippen LogP contribution is -2.30. The van der Waals surface area contributed by atoms with E-state index < -0.39 is 0 Å². The number of hydrogen-bond acceptors (Lipinski definition) is 1. The van der Waals surface area contributed by atoms with Crippen LogP contribution < -0.4 is 0 Å². The predicted molar refractivity (Wildman–Crippen MR) is 64.2 cm³/mol. The lowest BCUT2D eigenvalue weighted by atomic mass is 9.70. The summed E-state index contributed by atoms with van der Waals surface area (Å²) in [5.74, 6) is 5.98. The van der Waals surface area contributed by atoms with Gasteiger partial charge in [0.2, 0.25) is 0 Å². The Hall–Kier alpha value is -0.640. The van der Waals surface area contributed by atoms with Crippen LogP contribution in [-0.4, -0.2) is 6.61 Å². The van der Waals surface area contributed by atoms with Crippen molar-refractivity contribution >= 4 is 0 Å². The lowest BCUT2D eigenvalue weighted by molar-refractivity contribution is 0.0818. The SMILES string of the molecule is CC#COC[C@H]1C[C@@H](C)CC[C@@H]1C(C)C. The van der Waals surface area contributed by atoms with E-state index in [0.29, 0.717) is 0 Å². The van der Waals surface area contributed by atoms with Crippen LogP contribution in [0.3, 0.4) is 0 Å². The second-order valence-electron chi connectivity index (χ2n) is 5.25. The Morgan fingerprint density at radius 2 is 2.07 bits per heavy atom. The lowest BCUT2D eigenvalue weighted by Gasteiger charge is -2.36. The van der Waals surface area contributed by atoms with Gasteiger partial charge in [0, 0.05) is 6.92 Å². The fraction of sp³-hybridized carbons (Fsp3) is 0.857. The molecule has 0 unspecified atom stereocenters. The van der Waals surface area contributed by atoms with Crippen molar-refractivity contribution in [1.82, 2.24) is 0 Å². The van der Waals surface area contributed by atoms with Crippen LogP contribution in [0.15, 0.2) is 0 Å². The third-order valence-electron chi connectivity index (χ3n) is 3.63. The highest BCUT2D eigenvalue weighted by Crippen LogP contribution is 2.37. The summed E-state index contributed by atoms with van der Waals surface area (Å²) < 4.78 is 5.39. The van der Waals surface area contributed by atoms with E-state index in [1.54, 1.807) is 0 Å². The maximum atomic E-state index is 5.39. The van der Waals surface area contributed by atoms with Crippen LogP contribution in [-0.2, 0) is 4.74 Å². The van der Waals surface area contributed by atoms with E-state index in [4.69, 9.17) is 4.74 Å². The minimum absolute atomic E-state index is 0.717. The van der Waals surface area contributed by atoms with E-state index in [1.165, 1.54) is 19.3 Å². The summed E-state index contributed by atoms with van der Waals surface area (Å²) in [7, 11) is 0.